The van der Waals surface area contributed by atoms with Crippen LogP contribution < -0.4 is 10.9 Å². The van der Waals surface area contributed by atoms with Crippen molar-refractivity contribution < 1.29 is 18.0 Å². The second-order valence-electron chi connectivity index (χ2n) is 6.81. The Kier molecular flexibility index (Phi) is 5.50. The van der Waals surface area contributed by atoms with E-state index in [1.165, 1.54) is 11.9 Å². The molecular weight excluding hydrogens is 384 g/mol. The molecule has 1 atom stereocenters. The molecule has 1 aliphatic rings. The molecule has 0 bridgehead atoms. The number of fused-ring (bicyclic) bond motifs is 1. The third-order valence-corrected chi connectivity index (χ3v) is 6.53. The fourth-order valence-corrected chi connectivity index (χ4v) is 4.96. The summed E-state index contributed by atoms with van der Waals surface area (Å²) < 4.78 is 24.2. The van der Waals surface area contributed by atoms with Gasteiger partial charge >= 0.3 is 0 Å². The zero-order valence-electron chi connectivity index (χ0n) is 15.7. The predicted octanol–water partition coefficient (Wildman–Crippen LogP) is -0.301. The Bertz CT molecular complexity index is 1090. The third-order valence-electron chi connectivity index (χ3n) is 4.76. The average molecular weight is 406 g/mol. The Morgan fingerprint density at radius 3 is 2.57 bits per heavy atom. The molecule has 1 fully saturated rings. The molecule has 1 aliphatic heterocycles. The van der Waals surface area contributed by atoms with Crippen LogP contribution in [-0.2, 0) is 21.7 Å². The van der Waals surface area contributed by atoms with Crippen LogP contribution in [-0.4, -0.2) is 65.5 Å². The molecule has 1 aromatic heterocycles. The first-order chi connectivity index (χ1) is 13.2. The van der Waals surface area contributed by atoms with Gasteiger partial charge in [0.15, 0.2) is 15.5 Å². The van der Waals surface area contributed by atoms with Gasteiger partial charge in [-0.15, -0.1) is 0 Å². The molecule has 0 saturated carbocycles. The number of amides is 2. The summed E-state index contributed by atoms with van der Waals surface area (Å²) in [6.07, 6.45) is 0.376. The second kappa shape index (κ2) is 7.70. The number of hydrogen-bond acceptors (Lipinski definition) is 6. The van der Waals surface area contributed by atoms with E-state index in [-0.39, 0.29) is 35.8 Å². The SMILES string of the molecule is CCN(CC(=O)N[C@H]1CCS(=O)(=O)C1)C(=O)c1nn(C)c(=O)c2ccccc12. The number of hydrogen-bond donors (Lipinski definition) is 1. The van der Waals surface area contributed by atoms with Crippen LogP contribution in [0.2, 0.25) is 0 Å². The highest BCUT2D eigenvalue weighted by Gasteiger charge is 2.30. The van der Waals surface area contributed by atoms with E-state index in [0.717, 1.165) is 4.68 Å². The molecule has 1 saturated heterocycles. The molecule has 10 heteroatoms. The maximum absolute atomic E-state index is 13.0. The summed E-state index contributed by atoms with van der Waals surface area (Å²) in [4.78, 5) is 38.9. The molecule has 0 radical (unpaired) electrons. The van der Waals surface area contributed by atoms with Gasteiger partial charge < -0.3 is 10.2 Å². The number of nitrogens with zero attached hydrogens (tertiary/aromatic N) is 3. The van der Waals surface area contributed by atoms with E-state index in [1.807, 2.05) is 0 Å². The maximum Gasteiger partial charge on any atom is 0.275 e. The van der Waals surface area contributed by atoms with Crippen LogP contribution in [0.5, 0.6) is 0 Å². The van der Waals surface area contributed by atoms with Crippen molar-refractivity contribution in [2.75, 3.05) is 24.6 Å². The summed E-state index contributed by atoms with van der Waals surface area (Å²) in [7, 11) is -1.64. The van der Waals surface area contributed by atoms with Crippen molar-refractivity contribution in [2.24, 2.45) is 7.05 Å². The minimum atomic E-state index is -3.11. The summed E-state index contributed by atoms with van der Waals surface area (Å²) in [5.74, 6) is -0.913. The van der Waals surface area contributed by atoms with Crippen molar-refractivity contribution in [1.82, 2.24) is 20.0 Å². The first-order valence-electron chi connectivity index (χ1n) is 8.97. The van der Waals surface area contributed by atoms with Crippen molar-refractivity contribution in [3.05, 3.63) is 40.3 Å². The molecule has 0 unspecified atom stereocenters. The zero-order valence-corrected chi connectivity index (χ0v) is 16.5. The fourth-order valence-electron chi connectivity index (χ4n) is 3.29. The predicted molar refractivity (Wildman–Crippen MR) is 104 cm³/mol. The third kappa shape index (κ3) is 4.06. The van der Waals surface area contributed by atoms with Crippen molar-refractivity contribution in [1.29, 1.82) is 0 Å². The lowest BCUT2D eigenvalue weighted by atomic mass is 10.1. The Balaban J connectivity index is 1.81. The number of nitrogens with one attached hydrogen (secondary N) is 1. The largest absolute Gasteiger partial charge is 0.351 e. The second-order valence-corrected chi connectivity index (χ2v) is 9.04. The number of carbonyl (C=O) groups excluding carboxylic acids is 2. The molecule has 150 valence electrons. The van der Waals surface area contributed by atoms with Crippen LogP contribution in [0, 0.1) is 0 Å². The molecule has 2 heterocycles. The lowest BCUT2D eigenvalue weighted by molar-refractivity contribution is -0.122. The van der Waals surface area contributed by atoms with Gasteiger partial charge in [-0.3, -0.25) is 14.4 Å². The van der Waals surface area contributed by atoms with Gasteiger partial charge in [-0.1, -0.05) is 18.2 Å². The first-order valence-corrected chi connectivity index (χ1v) is 10.8. The van der Waals surface area contributed by atoms with Crippen LogP contribution in [0.25, 0.3) is 10.8 Å². The lowest BCUT2D eigenvalue weighted by Gasteiger charge is -2.22. The highest BCUT2D eigenvalue weighted by Crippen LogP contribution is 2.15. The molecule has 2 aromatic rings. The minimum Gasteiger partial charge on any atom is -0.351 e. The van der Waals surface area contributed by atoms with E-state index < -0.39 is 27.7 Å². The Labute approximate surface area is 162 Å². The van der Waals surface area contributed by atoms with E-state index in [9.17, 15) is 22.8 Å². The molecule has 0 spiro atoms. The highest BCUT2D eigenvalue weighted by atomic mass is 32.2. The van der Waals surface area contributed by atoms with Crippen LogP contribution in [0.3, 0.4) is 0 Å². The monoisotopic (exact) mass is 406 g/mol. The normalized spacial score (nSPS) is 18.1. The van der Waals surface area contributed by atoms with Gasteiger partial charge in [0.05, 0.1) is 23.4 Å². The number of rotatable bonds is 5. The lowest BCUT2D eigenvalue weighted by Crippen LogP contribution is -2.45. The highest BCUT2D eigenvalue weighted by molar-refractivity contribution is 7.91. The van der Waals surface area contributed by atoms with Gasteiger partial charge in [-0.2, -0.15) is 5.10 Å². The molecule has 9 nitrogen and oxygen atoms in total. The van der Waals surface area contributed by atoms with E-state index in [4.69, 9.17) is 0 Å². The quantitative estimate of drug-likeness (QED) is 0.728. The molecule has 28 heavy (non-hydrogen) atoms. The van der Waals surface area contributed by atoms with Crippen molar-refractivity contribution >= 4 is 32.4 Å². The van der Waals surface area contributed by atoms with Gasteiger partial charge in [0, 0.05) is 25.0 Å². The fraction of sp³-hybridized carbons (Fsp3) is 0.444. The van der Waals surface area contributed by atoms with Crippen LogP contribution >= 0.6 is 0 Å². The van der Waals surface area contributed by atoms with Crippen LogP contribution in [0.4, 0.5) is 0 Å². The van der Waals surface area contributed by atoms with Crippen LogP contribution in [0.15, 0.2) is 29.1 Å². The number of aryl methyl sites for hydroxylation is 1. The minimum absolute atomic E-state index is 0.0579. The first kappa shape index (κ1) is 20.0. The topological polar surface area (TPSA) is 118 Å². The van der Waals surface area contributed by atoms with E-state index >= 15 is 0 Å². The molecule has 3 rings (SSSR count). The number of benzene rings is 1. The summed E-state index contributed by atoms with van der Waals surface area (Å²) in [5.41, 5.74) is -0.217. The van der Waals surface area contributed by atoms with Crippen molar-refractivity contribution in [3.63, 3.8) is 0 Å². The Morgan fingerprint density at radius 2 is 1.96 bits per heavy atom. The van der Waals surface area contributed by atoms with E-state index in [1.54, 1.807) is 31.2 Å². The Hall–Kier alpha value is -2.75. The summed E-state index contributed by atoms with van der Waals surface area (Å²) in [6.45, 7) is 1.77. The number of sulfone groups is 1. The standard InChI is InChI=1S/C18H22N4O5S/c1-3-22(10-15(23)19-12-8-9-28(26,27)11-12)18(25)16-13-6-4-5-7-14(13)17(24)21(2)20-16/h4-7,12H,3,8-11H2,1-2H3,(H,19,23)/t12-/m0/s1. The van der Waals surface area contributed by atoms with Crippen LogP contribution in [0.1, 0.15) is 23.8 Å². The molecule has 1 aromatic carbocycles. The van der Waals surface area contributed by atoms with Gasteiger partial charge in [-0.25, -0.2) is 13.1 Å². The van der Waals surface area contributed by atoms with Crippen molar-refractivity contribution in [3.8, 4) is 0 Å². The molecule has 1 N–H and O–H groups in total. The zero-order chi connectivity index (χ0) is 20.5. The average Bonchev–Trinajstić information content (AvgIpc) is 3.00. The van der Waals surface area contributed by atoms with Gasteiger partial charge in [0.25, 0.3) is 11.5 Å². The maximum atomic E-state index is 13.0. The van der Waals surface area contributed by atoms with Gasteiger partial charge in [0.2, 0.25) is 5.91 Å². The van der Waals surface area contributed by atoms with E-state index in [2.05, 4.69) is 10.4 Å². The number of carbonyl (C=O) groups is 2. The van der Waals surface area contributed by atoms with E-state index in [0.29, 0.717) is 17.2 Å². The smallest absolute Gasteiger partial charge is 0.275 e. The van der Waals surface area contributed by atoms with Crippen molar-refractivity contribution in [2.45, 2.75) is 19.4 Å². The summed E-state index contributed by atoms with van der Waals surface area (Å²) in [5, 5.41) is 7.58. The molecule has 0 aliphatic carbocycles. The molecule has 2 amide bonds. The Morgan fingerprint density at radius 1 is 1.29 bits per heavy atom. The number of aromatic nitrogens is 2. The van der Waals surface area contributed by atoms with Gasteiger partial charge in [-0.05, 0) is 19.4 Å². The summed E-state index contributed by atoms with van der Waals surface area (Å²) in [6, 6.07) is 6.26. The van der Waals surface area contributed by atoms with Gasteiger partial charge in [0.1, 0.15) is 0 Å². The molecular formula is C18H22N4O5S. The summed E-state index contributed by atoms with van der Waals surface area (Å²) >= 11 is 0. The number of likely N-dealkylation sites (N-methyl/N-ethyl adjacent to an activating group) is 1.